The van der Waals surface area contributed by atoms with Gasteiger partial charge in [-0.15, -0.1) is 0 Å². The van der Waals surface area contributed by atoms with Crippen LogP contribution in [0.2, 0.25) is 0 Å². The first-order valence-electron chi connectivity index (χ1n) is 1.20. The molecule has 38 valence electrons. The molecule has 0 amide bonds. The van der Waals surface area contributed by atoms with Crippen molar-refractivity contribution in [2.45, 2.75) is 6.92 Å². The van der Waals surface area contributed by atoms with Crippen LogP contribution < -0.4 is 0 Å². The molecule has 6 heavy (non-hydrogen) atoms. The summed E-state index contributed by atoms with van der Waals surface area (Å²) in [6, 6.07) is 0. The third kappa shape index (κ3) is 2.60. The fourth-order valence-electron chi connectivity index (χ4n) is 0. The van der Waals surface area contributed by atoms with Crippen molar-refractivity contribution in [2.24, 2.45) is 0 Å². The minimum atomic E-state index is -2.15. The zero-order chi connectivity index (χ0) is 5.15. The molecule has 0 aromatic rings. The maximum Gasteiger partial charge on any atom is 0.165 e. The Hall–Kier alpha value is 0.370. The number of hydrogen-bond acceptors (Lipinski definition) is 0. The summed E-state index contributed by atoms with van der Waals surface area (Å²) in [7, 11) is 2.42. The van der Waals surface area contributed by atoms with Gasteiger partial charge in [0, 0.05) is 0 Å². The molecule has 0 saturated carbocycles. The van der Waals surface area contributed by atoms with Crippen LogP contribution in [0.1, 0.15) is 6.92 Å². The van der Waals surface area contributed by atoms with Crippen LogP contribution in [0.3, 0.4) is 0 Å². The van der Waals surface area contributed by atoms with Gasteiger partial charge in [-0.05, 0) is 17.6 Å². The van der Waals surface area contributed by atoms with Crippen molar-refractivity contribution in [3.63, 3.8) is 0 Å². The second-order valence-electron chi connectivity index (χ2n) is 0.683. The van der Waals surface area contributed by atoms with Crippen molar-refractivity contribution in [3.05, 3.63) is 0 Å². The molecular formula is C2H3ClF2S. The van der Waals surface area contributed by atoms with Gasteiger partial charge >= 0.3 is 0 Å². The Bertz CT molecular complexity index is 61.6. The van der Waals surface area contributed by atoms with Crippen LogP contribution >= 0.6 is 20.8 Å². The summed E-state index contributed by atoms with van der Waals surface area (Å²) in [6.07, 6.45) is 0. The molecule has 0 N–H and O–H groups in total. The first-order valence-corrected chi connectivity index (χ1v) is 3.15. The van der Waals surface area contributed by atoms with Crippen LogP contribution in [0.25, 0.3) is 0 Å². The summed E-state index contributed by atoms with van der Waals surface area (Å²) in [5, 5.41) is -0.864. The molecule has 0 radical (unpaired) electrons. The summed E-state index contributed by atoms with van der Waals surface area (Å²) >= 11 is 0. The SMILES string of the molecule is CC(F)=S(F)Cl. The minimum absolute atomic E-state index is 0.864. The third-order valence-electron chi connectivity index (χ3n) is 0.213. The highest BCUT2D eigenvalue weighted by Gasteiger charge is 1.87. The van der Waals surface area contributed by atoms with E-state index in [1.165, 1.54) is 0 Å². The van der Waals surface area contributed by atoms with Gasteiger partial charge in [0.25, 0.3) is 0 Å². The van der Waals surface area contributed by atoms with Crippen molar-refractivity contribution in [2.75, 3.05) is 0 Å². The zero-order valence-electron chi connectivity index (χ0n) is 3.04. The number of halogens is 3. The van der Waals surface area contributed by atoms with Gasteiger partial charge in [0.2, 0.25) is 0 Å². The second-order valence-corrected chi connectivity index (χ2v) is 2.48. The smallest absolute Gasteiger partial charge is 0.165 e. The lowest BCUT2D eigenvalue weighted by Crippen LogP contribution is -1.66. The lowest BCUT2D eigenvalue weighted by Gasteiger charge is -1.77. The van der Waals surface area contributed by atoms with E-state index in [-0.39, 0.29) is 0 Å². The third-order valence-corrected chi connectivity index (χ3v) is 1.28. The average molecular weight is 133 g/mol. The highest BCUT2D eigenvalue weighted by atomic mass is 35.7. The molecule has 0 aliphatic heterocycles. The van der Waals surface area contributed by atoms with Crippen LogP contribution in [0, 0.1) is 0 Å². The lowest BCUT2D eigenvalue weighted by molar-refractivity contribution is 0.817. The second kappa shape index (κ2) is 2.53. The first kappa shape index (κ1) is 6.37. The quantitative estimate of drug-likeness (QED) is 0.351. The molecule has 0 rings (SSSR count). The van der Waals surface area contributed by atoms with Crippen LogP contribution in [-0.4, -0.2) is 5.12 Å². The van der Waals surface area contributed by atoms with Crippen LogP contribution in [-0.2, 0) is 0 Å². The Morgan fingerprint density at radius 1 is 1.83 bits per heavy atom. The van der Waals surface area contributed by atoms with E-state index in [1.807, 2.05) is 0 Å². The molecule has 4 heteroatoms. The van der Waals surface area contributed by atoms with Crippen LogP contribution in [0.5, 0.6) is 0 Å². The van der Waals surface area contributed by atoms with E-state index in [2.05, 4.69) is 10.7 Å². The van der Waals surface area contributed by atoms with Crippen molar-refractivity contribution in [3.8, 4) is 0 Å². The number of hydrogen-bond donors (Lipinski definition) is 0. The van der Waals surface area contributed by atoms with Gasteiger partial charge in [0.15, 0.2) is 5.12 Å². The predicted molar refractivity (Wildman–Crippen MR) is 26.3 cm³/mol. The largest absolute Gasteiger partial charge is 0.202 e. The van der Waals surface area contributed by atoms with Gasteiger partial charge in [-0.3, -0.25) is 0 Å². The van der Waals surface area contributed by atoms with E-state index in [9.17, 15) is 8.28 Å². The Morgan fingerprint density at radius 3 is 2.00 bits per heavy atom. The van der Waals surface area contributed by atoms with Gasteiger partial charge in [-0.1, -0.05) is 0 Å². The summed E-state index contributed by atoms with van der Waals surface area (Å²) in [4.78, 5) is 0. The summed E-state index contributed by atoms with van der Waals surface area (Å²) < 4.78 is 22.5. The minimum Gasteiger partial charge on any atom is -0.202 e. The highest BCUT2D eigenvalue weighted by molar-refractivity contribution is 8.31. The summed E-state index contributed by atoms with van der Waals surface area (Å²) in [5.74, 6) is 0. The molecule has 1 atom stereocenters. The molecule has 1 unspecified atom stereocenters. The molecule has 0 aromatic heterocycles. The van der Waals surface area contributed by atoms with E-state index in [0.29, 0.717) is 0 Å². The Morgan fingerprint density at radius 2 is 2.00 bits per heavy atom. The fraction of sp³-hybridized carbons (Fsp3) is 0.500. The van der Waals surface area contributed by atoms with Gasteiger partial charge in [0.05, 0.1) is 0 Å². The van der Waals surface area contributed by atoms with Gasteiger partial charge in [-0.25, -0.2) is 4.39 Å². The van der Waals surface area contributed by atoms with Gasteiger partial charge < -0.3 is 0 Å². The molecule has 0 heterocycles. The zero-order valence-corrected chi connectivity index (χ0v) is 4.61. The molecule has 0 aromatic carbocycles. The van der Waals surface area contributed by atoms with Crippen molar-refractivity contribution >= 4 is 25.9 Å². The Balaban J connectivity index is 3.68. The van der Waals surface area contributed by atoms with E-state index < -0.39 is 15.2 Å². The molecule has 0 nitrogen and oxygen atoms in total. The Labute approximate surface area is 41.8 Å². The molecule has 0 aliphatic carbocycles. The summed E-state index contributed by atoms with van der Waals surface area (Å²) in [6.45, 7) is 0.996. The van der Waals surface area contributed by atoms with Crippen molar-refractivity contribution < 1.29 is 8.28 Å². The van der Waals surface area contributed by atoms with Crippen molar-refractivity contribution in [1.82, 2.24) is 0 Å². The van der Waals surface area contributed by atoms with Gasteiger partial charge in [-0.2, -0.15) is 3.89 Å². The molecule has 0 fully saturated rings. The fourth-order valence-corrected chi connectivity index (χ4v) is 0. The van der Waals surface area contributed by atoms with Crippen molar-refractivity contribution in [1.29, 1.82) is 0 Å². The molecule has 0 spiro atoms. The summed E-state index contributed by atoms with van der Waals surface area (Å²) in [5.41, 5.74) is 0. The average Bonchev–Trinajstić information content (AvgIpc) is 1.36. The lowest BCUT2D eigenvalue weighted by atomic mass is 10.9. The molecule has 0 bridgehead atoms. The topological polar surface area (TPSA) is 0 Å². The van der Waals surface area contributed by atoms with Gasteiger partial charge in [0.1, 0.15) is 10.1 Å². The van der Waals surface area contributed by atoms with E-state index in [1.54, 1.807) is 0 Å². The van der Waals surface area contributed by atoms with E-state index >= 15 is 0 Å². The Kier molecular flexibility index (Phi) is 2.68. The highest BCUT2D eigenvalue weighted by Crippen LogP contribution is 2.21. The first-order chi connectivity index (χ1) is 2.64. The van der Waals surface area contributed by atoms with E-state index in [4.69, 9.17) is 0 Å². The van der Waals surface area contributed by atoms with Crippen LogP contribution in [0.15, 0.2) is 0 Å². The maximum atomic E-state index is 11.2. The standard InChI is InChI=1S/C2H3ClF2S/c1-2(4)6(3)5/h1H3. The van der Waals surface area contributed by atoms with E-state index in [0.717, 1.165) is 6.92 Å². The molecule has 0 aliphatic rings. The normalized spacial score (nSPS) is 17.0. The molecule has 0 saturated heterocycles. The van der Waals surface area contributed by atoms with Crippen LogP contribution in [0.4, 0.5) is 8.28 Å². The number of rotatable bonds is 0. The maximum absolute atomic E-state index is 11.2. The monoisotopic (exact) mass is 132 g/mol. The molecular weight excluding hydrogens is 130 g/mol. The predicted octanol–water partition coefficient (Wildman–Crippen LogP) is 2.41.